The average Bonchev–Trinajstić information content (AvgIpc) is 2.94. The molecule has 21 heavy (non-hydrogen) atoms. The lowest BCUT2D eigenvalue weighted by Gasteiger charge is -2.09. The van der Waals surface area contributed by atoms with E-state index in [1.54, 1.807) is 11.8 Å². The average molecular weight is 291 g/mol. The second kappa shape index (κ2) is 7.70. The molecule has 2 aromatic rings. The Bertz CT molecular complexity index is 570. The van der Waals surface area contributed by atoms with Gasteiger partial charge in [-0.1, -0.05) is 12.1 Å². The van der Waals surface area contributed by atoms with Crippen molar-refractivity contribution < 1.29 is 9.47 Å². The highest BCUT2D eigenvalue weighted by Crippen LogP contribution is 2.24. The first-order chi connectivity index (χ1) is 10.2. The molecule has 1 aromatic carbocycles. The minimum atomic E-state index is 0.604. The van der Waals surface area contributed by atoms with Crippen molar-refractivity contribution in [3.8, 4) is 11.4 Å². The molecular formula is C14H21N5O2. The fourth-order valence-electron chi connectivity index (χ4n) is 2.00. The smallest absolute Gasteiger partial charge is 0.182 e. The van der Waals surface area contributed by atoms with E-state index in [0.717, 1.165) is 29.1 Å². The SMILES string of the molecule is COCCOCCCn1nnnc1-c1cccc(N)c1C. The van der Waals surface area contributed by atoms with Crippen molar-refractivity contribution in [2.24, 2.45) is 0 Å². The van der Waals surface area contributed by atoms with Gasteiger partial charge in [0.15, 0.2) is 5.82 Å². The molecule has 7 nitrogen and oxygen atoms in total. The first-order valence-electron chi connectivity index (χ1n) is 6.92. The van der Waals surface area contributed by atoms with Gasteiger partial charge in [0.05, 0.1) is 13.2 Å². The summed E-state index contributed by atoms with van der Waals surface area (Å²) in [7, 11) is 1.66. The molecule has 0 aliphatic carbocycles. The molecule has 0 saturated carbocycles. The molecule has 1 aromatic heterocycles. The summed E-state index contributed by atoms with van der Waals surface area (Å²) >= 11 is 0. The highest BCUT2D eigenvalue weighted by atomic mass is 16.5. The van der Waals surface area contributed by atoms with Crippen molar-refractivity contribution in [3.05, 3.63) is 23.8 Å². The summed E-state index contributed by atoms with van der Waals surface area (Å²) in [5.41, 5.74) is 8.63. The summed E-state index contributed by atoms with van der Waals surface area (Å²) < 4.78 is 12.1. The standard InChI is InChI=1S/C14H21N5O2/c1-11-12(5-3-6-13(11)15)14-16-17-18-19(14)7-4-8-21-10-9-20-2/h3,5-6H,4,7-10,15H2,1-2H3. The van der Waals surface area contributed by atoms with E-state index >= 15 is 0 Å². The molecule has 7 heteroatoms. The summed E-state index contributed by atoms with van der Waals surface area (Å²) in [5.74, 6) is 0.733. The van der Waals surface area contributed by atoms with Gasteiger partial charge in [0.1, 0.15) is 0 Å². The molecule has 0 aliphatic rings. The zero-order valence-electron chi connectivity index (χ0n) is 12.5. The minimum Gasteiger partial charge on any atom is -0.398 e. The Labute approximate surface area is 124 Å². The van der Waals surface area contributed by atoms with Crippen molar-refractivity contribution in [1.82, 2.24) is 20.2 Å². The van der Waals surface area contributed by atoms with E-state index in [1.165, 1.54) is 0 Å². The summed E-state index contributed by atoms with van der Waals surface area (Å²) in [6, 6.07) is 5.75. The predicted molar refractivity (Wildman–Crippen MR) is 79.7 cm³/mol. The van der Waals surface area contributed by atoms with E-state index in [0.29, 0.717) is 26.4 Å². The number of hydrogen-bond acceptors (Lipinski definition) is 6. The number of tetrazole rings is 1. The van der Waals surface area contributed by atoms with Crippen molar-refractivity contribution in [2.45, 2.75) is 19.9 Å². The molecule has 0 spiro atoms. The molecule has 0 fully saturated rings. The molecule has 0 bridgehead atoms. The molecule has 0 saturated heterocycles. The third kappa shape index (κ3) is 3.99. The van der Waals surface area contributed by atoms with Gasteiger partial charge in [0.2, 0.25) is 0 Å². The lowest BCUT2D eigenvalue weighted by molar-refractivity contribution is 0.0677. The Balaban J connectivity index is 1.97. The molecule has 0 amide bonds. The second-order valence-electron chi connectivity index (χ2n) is 4.70. The van der Waals surface area contributed by atoms with Gasteiger partial charge in [0.25, 0.3) is 0 Å². The molecule has 0 radical (unpaired) electrons. The van der Waals surface area contributed by atoms with Crippen LogP contribution in [0.3, 0.4) is 0 Å². The summed E-state index contributed by atoms with van der Waals surface area (Å²) in [6.07, 6.45) is 0.836. The molecule has 2 rings (SSSR count). The van der Waals surface area contributed by atoms with Crippen LogP contribution in [0.1, 0.15) is 12.0 Å². The van der Waals surface area contributed by atoms with E-state index < -0.39 is 0 Å². The third-order valence-corrected chi connectivity index (χ3v) is 3.24. The maximum atomic E-state index is 5.94. The van der Waals surface area contributed by atoms with Crippen LogP contribution in [0.2, 0.25) is 0 Å². The van der Waals surface area contributed by atoms with Gasteiger partial charge in [-0.15, -0.1) is 5.10 Å². The van der Waals surface area contributed by atoms with Gasteiger partial charge in [0, 0.05) is 31.5 Å². The van der Waals surface area contributed by atoms with E-state index in [1.807, 2.05) is 25.1 Å². The first-order valence-corrected chi connectivity index (χ1v) is 6.92. The topological polar surface area (TPSA) is 88.1 Å². The maximum Gasteiger partial charge on any atom is 0.182 e. The highest BCUT2D eigenvalue weighted by Gasteiger charge is 2.12. The van der Waals surface area contributed by atoms with Crippen molar-refractivity contribution in [1.29, 1.82) is 0 Å². The highest BCUT2D eigenvalue weighted by molar-refractivity contribution is 5.67. The Morgan fingerprint density at radius 3 is 2.90 bits per heavy atom. The van der Waals surface area contributed by atoms with Crippen LogP contribution < -0.4 is 5.73 Å². The number of anilines is 1. The van der Waals surface area contributed by atoms with Crippen LogP contribution in [-0.2, 0) is 16.0 Å². The number of nitrogens with zero attached hydrogens (tertiary/aromatic N) is 4. The van der Waals surface area contributed by atoms with Crippen LogP contribution in [0.25, 0.3) is 11.4 Å². The number of aromatic nitrogens is 4. The van der Waals surface area contributed by atoms with Gasteiger partial charge in [-0.05, 0) is 35.4 Å². The van der Waals surface area contributed by atoms with E-state index in [9.17, 15) is 0 Å². The normalized spacial score (nSPS) is 11.0. The Hall–Kier alpha value is -1.99. The second-order valence-corrected chi connectivity index (χ2v) is 4.70. The van der Waals surface area contributed by atoms with Gasteiger partial charge >= 0.3 is 0 Å². The third-order valence-electron chi connectivity index (χ3n) is 3.24. The van der Waals surface area contributed by atoms with Crippen LogP contribution in [0.4, 0.5) is 5.69 Å². The fraction of sp³-hybridized carbons (Fsp3) is 0.500. The van der Waals surface area contributed by atoms with Crippen LogP contribution in [-0.4, -0.2) is 47.1 Å². The van der Waals surface area contributed by atoms with E-state index in [4.69, 9.17) is 15.2 Å². The molecule has 0 aliphatic heterocycles. The Kier molecular flexibility index (Phi) is 5.65. The zero-order chi connectivity index (χ0) is 15.1. The molecule has 114 valence electrons. The van der Waals surface area contributed by atoms with Crippen molar-refractivity contribution in [2.75, 3.05) is 32.7 Å². The van der Waals surface area contributed by atoms with Gasteiger partial charge < -0.3 is 15.2 Å². The van der Waals surface area contributed by atoms with E-state index in [2.05, 4.69) is 15.5 Å². The van der Waals surface area contributed by atoms with Crippen molar-refractivity contribution in [3.63, 3.8) is 0 Å². The number of methoxy groups -OCH3 is 1. The molecule has 2 N–H and O–H groups in total. The number of rotatable bonds is 8. The van der Waals surface area contributed by atoms with Crippen LogP contribution >= 0.6 is 0 Å². The quantitative estimate of drug-likeness (QED) is 0.582. The minimum absolute atomic E-state index is 0.604. The molecule has 0 atom stereocenters. The fourth-order valence-corrected chi connectivity index (χ4v) is 2.00. The number of hydrogen-bond donors (Lipinski definition) is 1. The van der Waals surface area contributed by atoms with Crippen LogP contribution in [0.15, 0.2) is 18.2 Å². The molecule has 0 unspecified atom stereocenters. The monoisotopic (exact) mass is 291 g/mol. The summed E-state index contributed by atoms with van der Waals surface area (Å²) in [5, 5.41) is 11.9. The lowest BCUT2D eigenvalue weighted by Crippen LogP contribution is -2.09. The van der Waals surface area contributed by atoms with Gasteiger partial charge in [-0.2, -0.15) is 0 Å². The first kappa shape index (κ1) is 15.4. The Morgan fingerprint density at radius 1 is 1.24 bits per heavy atom. The van der Waals surface area contributed by atoms with Gasteiger partial charge in [-0.3, -0.25) is 0 Å². The number of ether oxygens (including phenoxy) is 2. The van der Waals surface area contributed by atoms with Gasteiger partial charge in [-0.25, -0.2) is 4.68 Å². The number of benzene rings is 1. The predicted octanol–water partition coefficient (Wildman–Crippen LogP) is 1.28. The Morgan fingerprint density at radius 2 is 2.10 bits per heavy atom. The van der Waals surface area contributed by atoms with E-state index in [-0.39, 0.29) is 0 Å². The van der Waals surface area contributed by atoms with Crippen LogP contribution in [0, 0.1) is 6.92 Å². The summed E-state index contributed by atoms with van der Waals surface area (Å²) in [4.78, 5) is 0. The zero-order valence-corrected chi connectivity index (χ0v) is 12.5. The van der Waals surface area contributed by atoms with Crippen molar-refractivity contribution >= 4 is 5.69 Å². The molecular weight excluding hydrogens is 270 g/mol. The number of nitrogens with two attached hydrogens (primary N) is 1. The number of aryl methyl sites for hydroxylation is 1. The molecule has 1 heterocycles. The summed E-state index contributed by atoms with van der Waals surface area (Å²) in [6.45, 7) is 4.53. The maximum absolute atomic E-state index is 5.94. The largest absolute Gasteiger partial charge is 0.398 e. The number of nitrogen functional groups attached to an aromatic ring is 1. The lowest BCUT2D eigenvalue weighted by atomic mass is 10.1. The van der Waals surface area contributed by atoms with Crippen LogP contribution in [0.5, 0.6) is 0 Å².